The number of carbonyl (C=O) groups is 1. The second kappa shape index (κ2) is 9.92. The van der Waals surface area contributed by atoms with Crippen LogP contribution in [0.5, 0.6) is 5.75 Å². The third-order valence-electron chi connectivity index (χ3n) is 6.05. The van der Waals surface area contributed by atoms with Gasteiger partial charge in [0.05, 0.1) is 17.9 Å². The van der Waals surface area contributed by atoms with Crippen molar-refractivity contribution in [2.45, 2.75) is 32.2 Å². The number of nitrogens with one attached hydrogen (secondary N) is 1. The number of nitrogens with zero attached hydrogens (tertiary/aromatic N) is 3. The lowest BCUT2D eigenvalue weighted by Gasteiger charge is -2.29. The summed E-state index contributed by atoms with van der Waals surface area (Å²) in [5.74, 6) is 0.513. The van der Waals surface area contributed by atoms with E-state index in [9.17, 15) is 26.4 Å². The first-order valence-corrected chi connectivity index (χ1v) is 13.1. The molecule has 3 heterocycles. The molecule has 0 spiro atoms. The minimum Gasteiger partial charge on any atom is -0.406 e. The number of ether oxygens (including phenoxy) is 1. The highest BCUT2D eigenvalue weighted by Crippen LogP contribution is 2.25. The molecule has 2 fully saturated rings. The normalized spacial score (nSPS) is 20.1. The van der Waals surface area contributed by atoms with Crippen LogP contribution in [0.1, 0.15) is 17.7 Å². The molecular weight excluding hydrogens is 485 g/mol. The van der Waals surface area contributed by atoms with Crippen LogP contribution in [0.15, 0.2) is 36.4 Å². The molecule has 2 aliphatic heterocycles. The molecule has 1 amide bonds. The van der Waals surface area contributed by atoms with Crippen molar-refractivity contribution >= 4 is 27.2 Å². The number of aromatic nitrogens is 1. The molecule has 2 saturated heterocycles. The molecule has 1 unspecified atom stereocenters. The van der Waals surface area contributed by atoms with Crippen LogP contribution in [0.3, 0.4) is 0 Å². The minimum atomic E-state index is -4.75. The van der Waals surface area contributed by atoms with Crippen LogP contribution in [0, 0.1) is 6.92 Å². The molecule has 0 bridgehead atoms. The number of benzene rings is 1. The molecule has 0 saturated carbocycles. The van der Waals surface area contributed by atoms with Gasteiger partial charge in [0.25, 0.3) is 0 Å². The maximum absolute atomic E-state index is 12.7. The number of pyridine rings is 1. The number of alkyl halides is 3. The van der Waals surface area contributed by atoms with E-state index in [0.717, 1.165) is 17.8 Å². The van der Waals surface area contributed by atoms with Crippen molar-refractivity contribution in [1.82, 2.24) is 9.88 Å². The van der Waals surface area contributed by atoms with Crippen molar-refractivity contribution < 1.29 is 31.1 Å². The number of hydrogen-bond acceptors (Lipinski definition) is 7. The minimum absolute atomic E-state index is 0.00500. The van der Waals surface area contributed by atoms with Crippen molar-refractivity contribution in [1.29, 1.82) is 0 Å². The van der Waals surface area contributed by atoms with Gasteiger partial charge in [-0.2, -0.15) is 0 Å². The van der Waals surface area contributed by atoms with Gasteiger partial charge >= 0.3 is 6.36 Å². The lowest BCUT2D eigenvalue weighted by atomic mass is 10.1. The molecule has 0 aliphatic carbocycles. The average molecular weight is 513 g/mol. The summed E-state index contributed by atoms with van der Waals surface area (Å²) < 4.78 is 64.2. The molecule has 12 heteroatoms. The highest BCUT2D eigenvalue weighted by atomic mass is 32.2. The van der Waals surface area contributed by atoms with Gasteiger partial charge in [0.15, 0.2) is 9.84 Å². The Kier molecular flexibility index (Phi) is 7.11. The Bertz CT molecular complexity index is 1160. The zero-order valence-corrected chi connectivity index (χ0v) is 20.0. The first-order chi connectivity index (χ1) is 16.5. The van der Waals surface area contributed by atoms with E-state index in [4.69, 9.17) is 0 Å². The van der Waals surface area contributed by atoms with Crippen LogP contribution in [-0.2, 0) is 21.1 Å². The summed E-state index contributed by atoms with van der Waals surface area (Å²) in [4.78, 5) is 21.0. The molecule has 1 atom stereocenters. The van der Waals surface area contributed by atoms with Crippen LogP contribution >= 0.6 is 0 Å². The Labute approximate surface area is 202 Å². The Morgan fingerprint density at radius 3 is 2.49 bits per heavy atom. The fourth-order valence-electron chi connectivity index (χ4n) is 4.29. The van der Waals surface area contributed by atoms with Gasteiger partial charge in [0.2, 0.25) is 5.91 Å². The number of anilines is 2. The number of likely N-dealkylation sites (tertiary alicyclic amines) is 1. The highest BCUT2D eigenvalue weighted by Gasteiger charge is 2.31. The highest BCUT2D eigenvalue weighted by molar-refractivity contribution is 7.91. The lowest BCUT2D eigenvalue weighted by Crippen LogP contribution is -2.40. The van der Waals surface area contributed by atoms with Gasteiger partial charge in [-0.15, -0.1) is 13.2 Å². The van der Waals surface area contributed by atoms with E-state index in [0.29, 0.717) is 37.6 Å². The summed E-state index contributed by atoms with van der Waals surface area (Å²) in [6.45, 7) is 3.82. The van der Waals surface area contributed by atoms with Crippen LogP contribution in [-0.4, -0.2) is 74.3 Å². The standard InChI is InChI=1S/C23H27F3N4O4S/c1-16-12-19(29-8-10-35(32,33)11-9-29)14-21(27-16)28-18-6-7-30(15-18)22(31)13-17-2-4-20(5-3-17)34-23(24,25)26/h2-5,12,14,18H,6-11,13,15H2,1H3,(H,27,28). The zero-order valence-electron chi connectivity index (χ0n) is 19.2. The van der Waals surface area contributed by atoms with E-state index < -0.39 is 16.2 Å². The van der Waals surface area contributed by atoms with Crippen molar-refractivity contribution in [2.75, 3.05) is 47.9 Å². The van der Waals surface area contributed by atoms with E-state index in [-0.39, 0.29) is 35.6 Å². The molecular formula is C23H27F3N4O4S. The monoisotopic (exact) mass is 512 g/mol. The summed E-state index contributed by atoms with van der Waals surface area (Å²) >= 11 is 0. The summed E-state index contributed by atoms with van der Waals surface area (Å²) in [5.41, 5.74) is 2.33. The Hall–Kier alpha value is -3.02. The molecule has 4 rings (SSSR count). The van der Waals surface area contributed by atoms with E-state index in [1.54, 1.807) is 4.90 Å². The SMILES string of the molecule is Cc1cc(N2CCS(=O)(=O)CC2)cc(NC2CCN(C(=O)Cc3ccc(OC(F)(F)F)cc3)C2)n1. The average Bonchev–Trinajstić information content (AvgIpc) is 3.22. The number of rotatable bonds is 6. The predicted molar refractivity (Wildman–Crippen MR) is 125 cm³/mol. The first-order valence-electron chi connectivity index (χ1n) is 11.3. The number of sulfone groups is 1. The van der Waals surface area contributed by atoms with Gasteiger partial charge in [0, 0.05) is 49.7 Å². The number of carbonyl (C=O) groups excluding carboxylic acids is 1. The molecule has 0 radical (unpaired) electrons. The lowest BCUT2D eigenvalue weighted by molar-refractivity contribution is -0.274. The number of hydrogen-bond donors (Lipinski definition) is 1. The van der Waals surface area contributed by atoms with Crippen LogP contribution < -0.4 is 15.0 Å². The van der Waals surface area contributed by atoms with E-state index in [2.05, 4.69) is 15.0 Å². The second-order valence-electron chi connectivity index (χ2n) is 8.83. The second-order valence-corrected chi connectivity index (χ2v) is 11.1. The number of halogens is 3. The molecule has 8 nitrogen and oxygen atoms in total. The van der Waals surface area contributed by atoms with Gasteiger partial charge in [-0.1, -0.05) is 12.1 Å². The molecule has 1 aromatic heterocycles. The van der Waals surface area contributed by atoms with E-state index in [1.807, 2.05) is 24.0 Å². The van der Waals surface area contributed by atoms with Crippen molar-refractivity contribution in [3.63, 3.8) is 0 Å². The van der Waals surface area contributed by atoms with Gasteiger partial charge in [0.1, 0.15) is 11.6 Å². The topological polar surface area (TPSA) is 91.8 Å². The molecule has 2 aliphatic rings. The van der Waals surface area contributed by atoms with Crippen LogP contribution in [0.25, 0.3) is 0 Å². The fraction of sp³-hybridized carbons (Fsp3) is 0.478. The molecule has 1 aromatic carbocycles. The zero-order chi connectivity index (χ0) is 25.2. The van der Waals surface area contributed by atoms with Crippen molar-refractivity contribution in [3.05, 3.63) is 47.7 Å². The number of aryl methyl sites for hydroxylation is 1. The van der Waals surface area contributed by atoms with Gasteiger partial charge < -0.3 is 19.9 Å². The third-order valence-corrected chi connectivity index (χ3v) is 7.66. The smallest absolute Gasteiger partial charge is 0.406 e. The molecule has 1 N–H and O–H groups in total. The van der Waals surface area contributed by atoms with Gasteiger partial charge in [-0.25, -0.2) is 13.4 Å². The Balaban J connectivity index is 1.32. The molecule has 35 heavy (non-hydrogen) atoms. The van der Waals surface area contributed by atoms with Gasteiger partial charge in [-0.3, -0.25) is 4.79 Å². The summed E-state index contributed by atoms with van der Waals surface area (Å²) in [5, 5.41) is 3.38. The summed E-state index contributed by atoms with van der Waals surface area (Å²) in [6, 6.07) is 9.14. The Morgan fingerprint density at radius 1 is 1.14 bits per heavy atom. The van der Waals surface area contributed by atoms with E-state index >= 15 is 0 Å². The summed E-state index contributed by atoms with van der Waals surface area (Å²) in [6.07, 6.45) is -3.93. The molecule has 2 aromatic rings. The van der Waals surface area contributed by atoms with Crippen molar-refractivity contribution in [3.8, 4) is 5.75 Å². The summed E-state index contributed by atoms with van der Waals surface area (Å²) in [7, 11) is -2.97. The maximum Gasteiger partial charge on any atom is 0.573 e. The third kappa shape index (κ3) is 7.00. The van der Waals surface area contributed by atoms with Crippen LogP contribution in [0.2, 0.25) is 0 Å². The van der Waals surface area contributed by atoms with E-state index in [1.165, 1.54) is 24.3 Å². The largest absolute Gasteiger partial charge is 0.573 e. The number of amides is 1. The fourth-order valence-corrected chi connectivity index (χ4v) is 5.49. The predicted octanol–water partition coefficient (Wildman–Crippen LogP) is 2.78. The van der Waals surface area contributed by atoms with Crippen LogP contribution in [0.4, 0.5) is 24.7 Å². The maximum atomic E-state index is 12.7. The van der Waals surface area contributed by atoms with Crippen molar-refractivity contribution in [2.24, 2.45) is 0 Å². The first kappa shape index (κ1) is 25.1. The van der Waals surface area contributed by atoms with Gasteiger partial charge in [-0.05, 0) is 37.1 Å². The Morgan fingerprint density at radius 2 is 1.83 bits per heavy atom. The quantitative estimate of drug-likeness (QED) is 0.637. The molecule has 190 valence electrons.